The molecule has 0 saturated carbocycles. The molecule has 2 amide bonds. The first-order valence-electron chi connectivity index (χ1n) is 5.77. The van der Waals surface area contributed by atoms with Crippen LogP contribution in [0.5, 0.6) is 0 Å². The largest absolute Gasteiger partial charge is 0.480 e. The summed E-state index contributed by atoms with van der Waals surface area (Å²) in [6.07, 6.45) is 8.61. The van der Waals surface area contributed by atoms with Crippen molar-refractivity contribution < 1.29 is 14.7 Å². The molecule has 18 heavy (non-hydrogen) atoms. The van der Waals surface area contributed by atoms with Gasteiger partial charge in [0, 0.05) is 12.5 Å². The van der Waals surface area contributed by atoms with Gasteiger partial charge in [0.15, 0.2) is 0 Å². The summed E-state index contributed by atoms with van der Waals surface area (Å²) in [7, 11) is 0. The summed E-state index contributed by atoms with van der Waals surface area (Å²) in [6.45, 7) is 1.91. The average Bonchev–Trinajstić information content (AvgIpc) is 2.33. The molecule has 0 aromatic carbocycles. The maximum absolute atomic E-state index is 11.6. The number of hydrogen-bond donors (Lipinski definition) is 3. The number of carbonyl (C=O) groups is 2. The topological polar surface area (TPSA) is 78.4 Å². The molecule has 0 fully saturated rings. The van der Waals surface area contributed by atoms with Crippen LogP contribution in [0.2, 0.25) is 0 Å². The Morgan fingerprint density at radius 2 is 2.11 bits per heavy atom. The Balaban J connectivity index is 4.24. The quantitative estimate of drug-likeness (QED) is 0.582. The van der Waals surface area contributed by atoms with Crippen LogP contribution in [0.1, 0.15) is 26.2 Å². The van der Waals surface area contributed by atoms with Crippen molar-refractivity contribution in [3.05, 3.63) is 0 Å². The van der Waals surface area contributed by atoms with Crippen LogP contribution in [0, 0.1) is 12.3 Å². The Labute approximate surface area is 112 Å². The molecule has 0 radical (unpaired) electrons. The highest BCUT2D eigenvalue weighted by atomic mass is 32.2. The normalized spacial score (nSPS) is 13.2. The Hall–Kier alpha value is -1.35. The molecule has 0 bridgehead atoms. The second kappa shape index (κ2) is 9.66. The summed E-state index contributed by atoms with van der Waals surface area (Å²) in [6, 6.07) is -1.46. The van der Waals surface area contributed by atoms with Gasteiger partial charge in [-0.05, 0) is 24.9 Å². The van der Waals surface area contributed by atoms with Crippen LogP contribution >= 0.6 is 11.8 Å². The molecule has 0 heterocycles. The smallest absolute Gasteiger partial charge is 0.326 e. The van der Waals surface area contributed by atoms with E-state index in [9.17, 15) is 9.59 Å². The molecule has 3 N–H and O–H groups in total. The van der Waals surface area contributed by atoms with Gasteiger partial charge in [-0.3, -0.25) is 0 Å². The third-order valence-electron chi connectivity index (χ3n) is 2.41. The fourth-order valence-corrected chi connectivity index (χ4v) is 1.79. The number of carboxylic acids is 1. The summed E-state index contributed by atoms with van der Waals surface area (Å²) < 4.78 is 0. The number of nitrogens with one attached hydrogen (secondary N) is 2. The summed E-state index contributed by atoms with van der Waals surface area (Å²) >= 11 is 1.54. The number of thioether (sulfide) groups is 1. The Kier molecular flexibility index (Phi) is 8.93. The molecular weight excluding hydrogens is 252 g/mol. The predicted molar refractivity (Wildman–Crippen MR) is 73.6 cm³/mol. The van der Waals surface area contributed by atoms with Gasteiger partial charge >= 0.3 is 12.0 Å². The van der Waals surface area contributed by atoms with Crippen LogP contribution in [-0.4, -0.2) is 41.2 Å². The molecule has 0 aliphatic heterocycles. The van der Waals surface area contributed by atoms with Gasteiger partial charge in [0.05, 0.1) is 0 Å². The van der Waals surface area contributed by atoms with Gasteiger partial charge in [-0.25, -0.2) is 9.59 Å². The molecule has 0 aromatic heterocycles. The number of amides is 2. The van der Waals surface area contributed by atoms with Crippen molar-refractivity contribution in [3.63, 3.8) is 0 Å². The SMILES string of the molecule is C#CCC(CC)NC(=O)N[C@H](CCSC)C(=O)O. The summed E-state index contributed by atoms with van der Waals surface area (Å²) in [5, 5.41) is 14.1. The summed E-state index contributed by atoms with van der Waals surface area (Å²) in [5.74, 6) is 2.13. The van der Waals surface area contributed by atoms with Crippen molar-refractivity contribution in [2.24, 2.45) is 0 Å². The van der Waals surface area contributed by atoms with Crippen molar-refractivity contribution in [1.29, 1.82) is 0 Å². The Morgan fingerprint density at radius 3 is 2.56 bits per heavy atom. The second-order valence-electron chi connectivity index (χ2n) is 3.80. The van der Waals surface area contributed by atoms with Crippen LogP contribution in [0.4, 0.5) is 4.79 Å². The molecule has 0 aromatic rings. The van der Waals surface area contributed by atoms with E-state index in [-0.39, 0.29) is 6.04 Å². The first-order valence-corrected chi connectivity index (χ1v) is 7.16. The summed E-state index contributed by atoms with van der Waals surface area (Å²) in [4.78, 5) is 22.5. The highest BCUT2D eigenvalue weighted by Gasteiger charge is 2.20. The van der Waals surface area contributed by atoms with Gasteiger partial charge in [-0.2, -0.15) is 11.8 Å². The van der Waals surface area contributed by atoms with Gasteiger partial charge in [0.2, 0.25) is 0 Å². The van der Waals surface area contributed by atoms with Crippen LogP contribution in [0.25, 0.3) is 0 Å². The van der Waals surface area contributed by atoms with E-state index < -0.39 is 18.0 Å². The highest BCUT2D eigenvalue weighted by molar-refractivity contribution is 7.98. The van der Waals surface area contributed by atoms with E-state index in [1.165, 1.54) is 11.8 Å². The third kappa shape index (κ3) is 7.07. The number of carbonyl (C=O) groups excluding carboxylic acids is 1. The molecule has 5 nitrogen and oxygen atoms in total. The van der Waals surface area contributed by atoms with Crippen LogP contribution in [0.15, 0.2) is 0 Å². The van der Waals surface area contributed by atoms with Gasteiger partial charge < -0.3 is 15.7 Å². The molecule has 0 spiro atoms. The minimum absolute atomic E-state index is 0.120. The molecule has 2 atom stereocenters. The van der Waals surface area contributed by atoms with Crippen LogP contribution < -0.4 is 10.6 Å². The van der Waals surface area contributed by atoms with E-state index in [0.29, 0.717) is 25.0 Å². The number of aliphatic carboxylic acids is 1. The zero-order chi connectivity index (χ0) is 14.0. The van der Waals surface area contributed by atoms with Crippen molar-refractivity contribution >= 4 is 23.8 Å². The van der Waals surface area contributed by atoms with Crippen molar-refractivity contribution in [2.75, 3.05) is 12.0 Å². The predicted octanol–water partition coefficient (Wildman–Crippen LogP) is 1.29. The van der Waals surface area contributed by atoms with Crippen LogP contribution in [0.3, 0.4) is 0 Å². The lowest BCUT2D eigenvalue weighted by Crippen LogP contribution is -2.49. The van der Waals surface area contributed by atoms with Gasteiger partial charge in [-0.15, -0.1) is 12.3 Å². The van der Waals surface area contributed by atoms with Crippen molar-refractivity contribution in [3.8, 4) is 12.3 Å². The van der Waals surface area contributed by atoms with Gasteiger partial charge in [0.25, 0.3) is 0 Å². The van der Waals surface area contributed by atoms with E-state index in [4.69, 9.17) is 11.5 Å². The lowest BCUT2D eigenvalue weighted by atomic mass is 10.1. The minimum Gasteiger partial charge on any atom is -0.480 e. The maximum atomic E-state index is 11.6. The first kappa shape index (κ1) is 16.6. The number of urea groups is 1. The number of rotatable bonds is 8. The fraction of sp³-hybridized carbons (Fsp3) is 0.667. The van der Waals surface area contributed by atoms with Gasteiger partial charge in [-0.1, -0.05) is 6.92 Å². The van der Waals surface area contributed by atoms with Crippen LogP contribution in [-0.2, 0) is 4.79 Å². The monoisotopic (exact) mass is 272 g/mol. The average molecular weight is 272 g/mol. The van der Waals surface area contributed by atoms with Crippen molar-refractivity contribution in [1.82, 2.24) is 10.6 Å². The molecule has 102 valence electrons. The van der Waals surface area contributed by atoms with Crippen molar-refractivity contribution in [2.45, 2.75) is 38.3 Å². The number of terminal acetylenes is 1. The first-order chi connectivity index (χ1) is 8.54. The van der Waals surface area contributed by atoms with E-state index in [1.54, 1.807) is 0 Å². The molecule has 0 saturated heterocycles. The van der Waals surface area contributed by atoms with E-state index in [2.05, 4.69) is 16.6 Å². The van der Waals surface area contributed by atoms with E-state index in [0.717, 1.165) is 0 Å². The van der Waals surface area contributed by atoms with Gasteiger partial charge in [0.1, 0.15) is 6.04 Å². The standard InChI is InChI=1S/C12H20N2O3S/c1-4-6-9(5-2)13-12(17)14-10(11(15)16)7-8-18-3/h1,9-10H,5-8H2,2-3H3,(H,15,16)(H2,13,14,17)/t9?,10-/m1/s1. The Bertz CT molecular complexity index is 315. The number of carboxylic acid groups (broad SMARTS) is 1. The lowest BCUT2D eigenvalue weighted by molar-refractivity contribution is -0.139. The molecule has 0 aliphatic rings. The third-order valence-corrected chi connectivity index (χ3v) is 3.05. The Morgan fingerprint density at radius 1 is 1.44 bits per heavy atom. The minimum atomic E-state index is -1.02. The molecule has 0 aliphatic carbocycles. The number of hydrogen-bond acceptors (Lipinski definition) is 3. The highest BCUT2D eigenvalue weighted by Crippen LogP contribution is 2.01. The molecule has 0 rings (SSSR count). The second-order valence-corrected chi connectivity index (χ2v) is 4.79. The molecular formula is C12H20N2O3S. The van der Waals surface area contributed by atoms with E-state index >= 15 is 0 Å². The lowest BCUT2D eigenvalue weighted by Gasteiger charge is -2.18. The summed E-state index contributed by atoms with van der Waals surface area (Å²) in [5.41, 5.74) is 0. The fourth-order valence-electron chi connectivity index (χ4n) is 1.32. The maximum Gasteiger partial charge on any atom is 0.326 e. The zero-order valence-corrected chi connectivity index (χ0v) is 11.5. The zero-order valence-electron chi connectivity index (χ0n) is 10.7. The molecule has 6 heteroatoms. The molecule has 1 unspecified atom stereocenters. The van der Waals surface area contributed by atoms with E-state index in [1.807, 2.05) is 13.2 Å².